The second-order valence-corrected chi connectivity index (χ2v) is 3.57. The number of aromatic nitrogens is 1. The standard InChI is InChI=1S/C12H20N2O2/c1-4-16-10(2)8-13-9-11-6-5-7-12(14-11)15-3/h5-7,10,13H,4,8-9H2,1-3H3. The van der Waals surface area contributed by atoms with Crippen molar-refractivity contribution >= 4 is 0 Å². The van der Waals surface area contributed by atoms with Crippen LogP contribution in [0.5, 0.6) is 5.88 Å². The molecule has 0 radical (unpaired) electrons. The van der Waals surface area contributed by atoms with Crippen LogP contribution in [0.2, 0.25) is 0 Å². The Balaban J connectivity index is 2.31. The first kappa shape index (κ1) is 12.9. The van der Waals surface area contributed by atoms with Crippen molar-refractivity contribution in [1.82, 2.24) is 10.3 Å². The first-order valence-electron chi connectivity index (χ1n) is 5.58. The van der Waals surface area contributed by atoms with Crippen molar-refractivity contribution < 1.29 is 9.47 Å². The maximum atomic E-state index is 5.42. The molecule has 1 atom stereocenters. The number of rotatable bonds is 7. The topological polar surface area (TPSA) is 43.4 Å². The zero-order valence-corrected chi connectivity index (χ0v) is 10.2. The van der Waals surface area contributed by atoms with Crippen LogP contribution in [0.1, 0.15) is 19.5 Å². The summed E-state index contributed by atoms with van der Waals surface area (Å²) in [6.45, 7) is 6.36. The van der Waals surface area contributed by atoms with Crippen molar-refractivity contribution in [3.05, 3.63) is 23.9 Å². The minimum Gasteiger partial charge on any atom is -0.481 e. The summed E-state index contributed by atoms with van der Waals surface area (Å²) in [4.78, 5) is 4.31. The molecule has 0 saturated heterocycles. The third kappa shape index (κ3) is 4.59. The van der Waals surface area contributed by atoms with Gasteiger partial charge in [0.1, 0.15) is 0 Å². The summed E-state index contributed by atoms with van der Waals surface area (Å²) in [6, 6.07) is 5.75. The third-order valence-electron chi connectivity index (χ3n) is 2.18. The van der Waals surface area contributed by atoms with Gasteiger partial charge in [-0.15, -0.1) is 0 Å². The molecule has 0 aliphatic rings. The molecule has 0 aliphatic heterocycles. The first-order chi connectivity index (χ1) is 7.76. The fourth-order valence-corrected chi connectivity index (χ4v) is 1.42. The van der Waals surface area contributed by atoms with E-state index in [1.165, 1.54) is 0 Å². The maximum Gasteiger partial charge on any atom is 0.213 e. The fraction of sp³-hybridized carbons (Fsp3) is 0.583. The molecule has 0 amide bonds. The van der Waals surface area contributed by atoms with Crippen molar-refractivity contribution in [2.45, 2.75) is 26.5 Å². The van der Waals surface area contributed by atoms with E-state index in [1.807, 2.05) is 25.1 Å². The van der Waals surface area contributed by atoms with Crippen LogP contribution in [-0.4, -0.2) is 31.3 Å². The van der Waals surface area contributed by atoms with Gasteiger partial charge in [0.05, 0.1) is 18.9 Å². The van der Waals surface area contributed by atoms with Crippen LogP contribution in [0.3, 0.4) is 0 Å². The smallest absolute Gasteiger partial charge is 0.213 e. The predicted molar refractivity (Wildman–Crippen MR) is 63.6 cm³/mol. The number of pyridine rings is 1. The lowest BCUT2D eigenvalue weighted by molar-refractivity contribution is 0.0759. The van der Waals surface area contributed by atoms with Crippen LogP contribution in [0.4, 0.5) is 0 Å². The molecule has 16 heavy (non-hydrogen) atoms. The minimum atomic E-state index is 0.232. The highest BCUT2D eigenvalue weighted by Gasteiger charge is 2.01. The molecule has 0 fully saturated rings. The predicted octanol–water partition coefficient (Wildman–Crippen LogP) is 1.60. The summed E-state index contributed by atoms with van der Waals surface area (Å²) in [5.74, 6) is 0.650. The van der Waals surface area contributed by atoms with Gasteiger partial charge < -0.3 is 14.8 Å². The lowest BCUT2D eigenvalue weighted by Gasteiger charge is -2.12. The summed E-state index contributed by atoms with van der Waals surface area (Å²) >= 11 is 0. The number of methoxy groups -OCH3 is 1. The van der Waals surface area contributed by atoms with E-state index in [4.69, 9.17) is 9.47 Å². The van der Waals surface area contributed by atoms with Crippen LogP contribution < -0.4 is 10.1 Å². The summed E-state index contributed by atoms with van der Waals surface area (Å²) in [7, 11) is 1.62. The normalized spacial score (nSPS) is 12.4. The van der Waals surface area contributed by atoms with Gasteiger partial charge in [0.15, 0.2) is 0 Å². The summed E-state index contributed by atoms with van der Waals surface area (Å²) < 4.78 is 10.5. The van der Waals surface area contributed by atoms with Gasteiger partial charge in [0.2, 0.25) is 5.88 Å². The highest BCUT2D eigenvalue weighted by molar-refractivity contribution is 5.15. The molecule has 90 valence electrons. The van der Waals surface area contributed by atoms with E-state index in [0.29, 0.717) is 5.88 Å². The van der Waals surface area contributed by atoms with E-state index in [9.17, 15) is 0 Å². The molecule has 1 heterocycles. The molecule has 1 rings (SSSR count). The summed E-state index contributed by atoms with van der Waals surface area (Å²) in [6.07, 6.45) is 0.232. The van der Waals surface area contributed by atoms with Gasteiger partial charge >= 0.3 is 0 Å². The number of nitrogens with one attached hydrogen (secondary N) is 1. The van der Waals surface area contributed by atoms with Crippen molar-refractivity contribution in [2.24, 2.45) is 0 Å². The van der Waals surface area contributed by atoms with E-state index in [0.717, 1.165) is 25.4 Å². The van der Waals surface area contributed by atoms with Crippen molar-refractivity contribution in [3.63, 3.8) is 0 Å². The Morgan fingerprint density at radius 3 is 2.94 bits per heavy atom. The molecule has 0 aliphatic carbocycles. The Hall–Kier alpha value is -1.13. The lowest BCUT2D eigenvalue weighted by atomic mass is 10.3. The molecule has 0 aromatic carbocycles. The van der Waals surface area contributed by atoms with Crippen LogP contribution >= 0.6 is 0 Å². The second kappa shape index (κ2) is 7.19. The van der Waals surface area contributed by atoms with Crippen molar-refractivity contribution in [1.29, 1.82) is 0 Å². The molecule has 0 saturated carbocycles. The quantitative estimate of drug-likeness (QED) is 0.764. The molecule has 4 nitrogen and oxygen atoms in total. The minimum absolute atomic E-state index is 0.232. The van der Waals surface area contributed by atoms with E-state index in [-0.39, 0.29) is 6.10 Å². The Labute approximate surface area is 97.0 Å². The average molecular weight is 224 g/mol. The van der Waals surface area contributed by atoms with Crippen LogP contribution in [0, 0.1) is 0 Å². The Morgan fingerprint density at radius 2 is 2.25 bits per heavy atom. The third-order valence-corrected chi connectivity index (χ3v) is 2.18. The Morgan fingerprint density at radius 1 is 1.44 bits per heavy atom. The largest absolute Gasteiger partial charge is 0.481 e. The van der Waals surface area contributed by atoms with Gasteiger partial charge in [-0.2, -0.15) is 0 Å². The average Bonchev–Trinajstić information content (AvgIpc) is 2.30. The monoisotopic (exact) mass is 224 g/mol. The van der Waals surface area contributed by atoms with E-state index < -0.39 is 0 Å². The maximum absolute atomic E-state index is 5.42. The molecule has 1 aromatic rings. The molecule has 1 unspecified atom stereocenters. The molecular formula is C12H20N2O2. The van der Waals surface area contributed by atoms with Gasteiger partial charge in [-0.3, -0.25) is 0 Å². The van der Waals surface area contributed by atoms with E-state index >= 15 is 0 Å². The molecule has 0 spiro atoms. The van der Waals surface area contributed by atoms with Crippen LogP contribution in [0.25, 0.3) is 0 Å². The fourth-order valence-electron chi connectivity index (χ4n) is 1.42. The molecule has 0 bridgehead atoms. The Bertz CT molecular complexity index is 305. The van der Waals surface area contributed by atoms with Gasteiger partial charge in [-0.25, -0.2) is 4.98 Å². The number of hydrogen-bond acceptors (Lipinski definition) is 4. The number of hydrogen-bond donors (Lipinski definition) is 1. The number of nitrogens with zero attached hydrogens (tertiary/aromatic N) is 1. The molecular weight excluding hydrogens is 204 g/mol. The Kier molecular flexibility index (Phi) is 5.82. The first-order valence-corrected chi connectivity index (χ1v) is 5.58. The second-order valence-electron chi connectivity index (χ2n) is 3.57. The van der Waals surface area contributed by atoms with Crippen LogP contribution in [0.15, 0.2) is 18.2 Å². The van der Waals surface area contributed by atoms with Gasteiger partial charge in [-0.1, -0.05) is 6.07 Å². The van der Waals surface area contributed by atoms with Gasteiger partial charge in [0, 0.05) is 25.8 Å². The van der Waals surface area contributed by atoms with E-state index in [2.05, 4.69) is 17.2 Å². The van der Waals surface area contributed by atoms with Crippen molar-refractivity contribution in [2.75, 3.05) is 20.3 Å². The summed E-state index contributed by atoms with van der Waals surface area (Å²) in [5, 5.41) is 3.29. The number of ether oxygens (including phenoxy) is 2. The SMILES string of the molecule is CCOC(C)CNCc1cccc(OC)n1. The lowest BCUT2D eigenvalue weighted by Crippen LogP contribution is -2.26. The van der Waals surface area contributed by atoms with Crippen LogP contribution in [-0.2, 0) is 11.3 Å². The van der Waals surface area contributed by atoms with Crippen molar-refractivity contribution in [3.8, 4) is 5.88 Å². The summed E-state index contributed by atoms with van der Waals surface area (Å²) in [5.41, 5.74) is 0.975. The molecule has 4 heteroatoms. The zero-order chi connectivity index (χ0) is 11.8. The highest BCUT2D eigenvalue weighted by Crippen LogP contribution is 2.06. The zero-order valence-electron chi connectivity index (χ0n) is 10.2. The van der Waals surface area contributed by atoms with Gasteiger partial charge in [0.25, 0.3) is 0 Å². The van der Waals surface area contributed by atoms with E-state index in [1.54, 1.807) is 7.11 Å². The molecule has 1 aromatic heterocycles. The molecule has 1 N–H and O–H groups in total. The van der Waals surface area contributed by atoms with Gasteiger partial charge in [-0.05, 0) is 19.9 Å². The highest BCUT2D eigenvalue weighted by atomic mass is 16.5.